The summed E-state index contributed by atoms with van der Waals surface area (Å²) in [6.07, 6.45) is 4.78. The Morgan fingerprint density at radius 1 is 1.32 bits per heavy atom. The molecule has 1 atom stereocenters. The van der Waals surface area contributed by atoms with Gasteiger partial charge in [0.15, 0.2) is 0 Å². The topological polar surface area (TPSA) is 47.7 Å². The molecule has 2 aromatic rings. The Balaban J connectivity index is 2.25. The van der Waals surface area contributed by atoms with E-state index in [1.807, 2.05) is 26.4 Å². The van der Waals surface area contributed by atoms with Crippen LogP contribution in [0.15, 0.2) is 18.5 Å². The maximum absolute atomic E-state index is 4.52. The number of nitrogens with one attached hydrogen (secondary N) is 1. The highest BCUT2D eigenvalue weighted by molar-refractivity contribution is 5.15. The van der Waals surface area contributed by atoms with E-state index in [0.29, 0.717) is 0 Å². The van der Waals surface area contributed by atoms with Crippen LogP contribution in [0.25, 0.3) is 0 Å². The third-order valence-electron chi connectivity index (χ3n) is 3.47. The lowest BCUT2D eigenvalue weighted by Gasteiger charge is -2.17. The van der Waals surface area contributed by atoms with Gasteiger partial charge in [-0.25, -0.2) is 4.98 Å². The fraction of sp³-hybridized carbons (Fsp3) is 0.571. The third kappa shape index (κ3) is 2.87. The first-order valence-electron chi connectivity index (χ1n) is 6.91. The summed E-state index contributed by atoms with van der Waals surface area (Å²) in [6.45, 7) is 8.15. The molecule has 0 aromatic carbocycles. The number of hydrogen-bond acceptors (Lipinski definition) is 3. The van der Waals surface area contributed by atoms with Crippen LogP contribution < -0.4 is 5.32 Å². The maximum Gasteiger partial charge on any atom is 0.110 e. The molecular formula is C14H23N5. The molecule has 0 aliphatic rings. The second-order valence-corrected chi connectivity index (χ2v) is 4.70. The van der Waals surface area contributed by atoms with Crippen LogP contribution >= 0.6 is 0 Å². The lowest BCUT2D eigenvalue weighted by molar-refractivity contribution is 0.495. The minimum absolute atomic E-state index is 0.244. The molecule has 2 rings (SSSR count). The molecule has 0 saturated carbocycles. The van der Waals surface area contributed by atoms with Gasteiger partial charge in [0, 0.05) is 31.9 Å². The number of aryl methyl sites for hydroxylation is 3. The highest BCUT2D eigenvalue weighted by Gasteiger charge is 2.17. The highest BCUT2D eigenvalue weighted by atomic mass is 15.3. The van der Waals surface area contributed by atoms with Gasteiger partial charge in [0.1, 0.15) is 5.82 Å². The van der Waals surface area contributed by atoms with E-state index in [1.54, 1.807) is 0 Å². The molecule has 104 valence electrons. The molecule has 0 aliphatic carbocycles. The van der Waals surface area contributed by atoms with Crippen LogP contribution in [0.4, 0.5) is 0 Å². The van der Waals surface area contributed by atoms with Gasteiger partial charge in [-0.2, -0.15) is 5.10 Å². The lowest BCUT2D eigenvalue weighted by atomic mass is 10.1. The second kappa shape index (κ2) is 6.02. The van der Waals surface area contributed by atoms with Gasteiger partial charge >= 0.3 is 0 Å². The average molecular weight is 261 g/mol. The summed E-state index contributed by atoms with van der Waals surface area (Å²) in [6, 6.07) is 2.40. The molecule has 0 aliphatic heterocycles. The Labute approximate surface area is 114 Å². The van der Waals surface area contributed by atoms with Gasteiger partial charge < -0.3 is 9.88 Å². The van der Waals surface area contributed by atoms with Crippen LogP contribution in [-0.2, 0) is 19.5 Å². The minimum Gasteiger partial charge on any atom is -0.335 e. The van der Waals surface area contributed by atoms with E-state index < -0.39 is 0 Å². The SMILES string of the molecule is CCn1ccnc1CC(NC)c1cc(C)nn1CC. The zero-order valence-corrected chi connectivity index (χ0v) is 12.2. The Morgan fingerprint density at radius 3 is 2.74 bits per heavy atom. The van der Waals surface area contributed by atoms with E-state index in [4.69, 9.17) is 0 Å². The molecule has 0 saturated heterocycles. The first kappa shape index (κ1) is 13.8. The summed E-state index contributed by atoms with van der Waals surface area (Å²) in [5.74, 6) is 1.11. The second-order valence-electron chi connectivity index (χ2n) is 4.70. The molecule has 1 unspecified atom stereocenters. The molecule has 19 heavy (non-hydrogen) atoms. The largest absolute Gasteiger partial charge is 0.335 e. The van der Waals surface area contributed by atoms with E-state index in [2.05, 4.69) is 44.6 Å². The van der Waals surface area contributed by atoms with Crippen molar-refractivity contribution in [2.24, 2.45) is 0 Å². The molecule has 0 spiro atoms. The molecule has 0 bridgehead atoms. The highest BCUT2D eigenvalue weighted by Crippen LogP contribution is 2.18. The molecule has 5 nitrogen and oxygen atoms in total. The van der Waals surface area contributed by atoms with E-state index >= 15 is 0 Å². The fourth-order valence-corrected chi connectivity index (χ4v) is 2.45. The number of imidazole rings is 1. The van der Waals surface area contributed by atoms with Crippen molar-refractivity contribution in [3.63, 3.8) is 0 Å². The predicted octanol–water partition coefficient (Wildman–Crippen LogP) is 1.93. The van der Waals surface area contributed by atoms with Gasteiger partial charge in [0.25, 0.3) is 0 Å². The van der Waals surface area contributed by atoms with Crippen LogP contribution in [0.1, 0.15) is 37.1 Å². The quantitative estimate of drug-likeness (QED) is 0.864. The normalized spacial score (nSPS) is 12.8. The van der Waals surface area contributed by atoms with Gasteiger partial charge in [-0.1, -0.05) is 0 Å². The van der Waals surface area contributed by atoms with Crippen LogP contribution in [0, 0.1) is 6.92 Å². The van der Waals surface area contributed by atoms with Crippen molar-refractivity contribution in [2.45, 2.75) is 46.3 Å². The minimum atomic E-state index is 0.244. The summed E-state index contributed by atoms with van der Waals surface area (Å²) in [7, 11) is 1.99. The van der Waals surface area contributed by atoms with Gasteiger partial charge in [0.05, 0.1) is 17.4 Å². The number of hydrogen-bond donors (Lipinski definition) is 1. The van der Waals surface area contributed by atoms with Crippen molar-refractivity contribution in [1.82, 2.24) is 24.6 Å². The Bertz CT molecular complexity index is 526. The molecule has 5 heteroatoms. The van der Waals surface area contributed by atoms with Gasteiger partial charge in [0.2, 0.25) is 0 Å². The molecule has 2 heterocycles. The molecule has 1 N–H and O–H groups in total. The Morgan fingerprint density at radius 2 is 2.11 bits per heavy atom. The summed E-state index contributed by atoms with van der Waals surface area (Å²) < 4.78 is 4.25. The van der Waals surface area contributed by atoms with Crippen molar-refractivity contribution in [1.29, 1.82) is 0 Å². The van der Waals surface area contributed by atoms with Crippen LogP contribution in [0.3, 0.4) is 0 Å². The van der Waals surface area contributed by atoms with E-state index in [1.165, 1.54) is 5.69 Å². The first-order chi connectivity index (χ1) is 9.19. The van der Waals surface area contributed by atoms with Crippen molar-refractivity contribution in [3.05, 3.63) is 35.7 Å². The Kier molecular flexibility index (Phi) is 4.37. The zero-order valence-electron chi connectivity index (χ0n) is 12.2. The monoisotopic (exact) mass is 261 g/mol. The van der Waals surface area contributed by atoms with Crippen molar-refractivity contribution in [3.8, 4) is 0 Å². The fourth-order valence-electron chi connectivity index (χ4n) is 2.45. The van der Waals surface area contributed by atoms with Crippen molar-refractivity contribution < 1.29 is 0 Å². The van der Waals surface area contributed by atoms with E-state index in [9.17, 15) is 0 Å². The van der Waals surface area contributed by atoms with Gasteiger partial charge in [-0.15, -0.1) is 0 Å². The third-order valence-corrected chi connectivity index (χ3v) is 3.47. The van der Waals surface area contributed by atoms with Gasteiger partial charge in [-0.3, -0.25) is 4.68 Å². The van der Waals surface area contributed by atoms with Gasteiger partial charge in [-0.05, 0) is 33.9 Å². The average Bonchev–Trinajstić information content (AvgIpc) is 3.01. The number of likely N-dealkylation sites (N-methyl/N-ethyl adjacent to an activating group) is 1. The lowest BCUT2D eigenvalue weighted by Crippen LogP contribution is -2.23. The maximum atomic E-state index is 4.52. The molecule has 2 aromatic heterocycles. The van der Waals surface area contributed by atoms with Crippen LogP contribution in [0.2, 0.25) is 0 Å². The molecule has 0 fully saturated rings. The van der Waals surface area contributed by atoms with Crippen molar-refractivity contribution >= 4 is 0 Å². The number of rotatable bonds is 6. The van der Waals surface area contributed by atoms with E-state index in [-0.39, 0.29) is 6.04 Å². The summed E-state index contributed by atoms with van der Waals surface area (Å²) in [5, 5.41) is 7.90. The van der Waals surface area contributed by atoms with Crippen molar-refractivity contribution in [2.75, 3.05) is 7.05 Å². The predicted molar refractivity (Wildman–Crippen MR) is 76.0 cm³/mol. The van der Waals surface area contributed by atoms with E-state index in [0.717, 1.165) is 31.0 Å². The Hall–Kier alpha value is -1.62. The summed E-state index contributed by atoms with van der Waals surface area (Å²) >= 11 is 0. The first-order valence-corrected chi connectivity index (χ1v) is 6.91. The standard InChI is InChI=1S/C14H23N5/c1-5-18-8-7-16-14(18)10-12(15-4)13-9-11(3)17-19(13)6-2/h7-9,12,15H,5-6,10H2,1-4H3. The summed E-state index contributed by atoms with van der Waals surface area (Å²) in [4.78, 5) is 4.46. The molecule has 0 radical (unpaired) electrons. The number of aromatic nitrogens is 4. The van der Waals surface area contributed by atoms with Crippen LogP contribution in [-0.4, -0.2) is 26.4 Å². The molecule has 0 amide bonds. The number of nitrogens with zero attached hydrogens (tertiary/aromatic N) is 4. The van der Waals surface area contributed by atoms with Crippen LogP contribution in [0.5, 0.6) is 0 Å². The molecular weight excluding hydrogens is 238 g/mol. The zero-order chi connectivity index (χ0) is 13.8. The summed E-state index contributed by atoms with van der Waals surface area (Å²) in [5.41, 5.74) is 2.30. The smallest absolute Gasteiger partial charge is 0.110 e.